The zero-order valence-corrected chi connectivity index (χ0v) is 9.23. The van der Waals surface area contributed by atoms with Crippen molar-refractivity contribution in [3.8, 4) is 0 Å². The van der Waals surface area contributed by atoms with Crippen molar-refractivity contribution in [1.29, 1.82) is 0 Å². The Balaban J connectivity index is 2.04. The summed E-state index contributed by atoms with van der Waals surface area (Å²) in [4.78, 5) is 5.35. The molecule has 3 heteroatoms. The topological polar surface area (TPSA) is 38.2 Å². The minimum Gasteiger partial charge on any atom is -0.386 e. The summed E-state index contributed by atoms with van der Waals surface area (Å²) in [6.45, 7) is 3.06. The van der Waals surface area contributed by atoms with Crippen LogP contribution in [0, 0.1) is 6.92 Å². The van der Waals surface area contributed by atoms with Crippen LogP contribution in [0.2, 0.25) is 0 Å². The summed E-state index contributed by atoms with van der Waals surface area (Å²) in [5.74, 6) is 0. The van der Waals surface area contributed by atoms with Crippen molar-refractivity contribution in [3.05, 3.63) is 35.4 Å². The van der Waals surface area contributed by atoms with Crippen LogP contribution >= 0.6 is 0 Å². The van der Waals surface area contributed by atoms with Crippen LogP contribution in [-0.2, 0) is 4.84 Å². The molecule has 1 heterocycles. The molecule has 0 fully saturated rings. The van der Waals surface area contributed by atoms with Gasteiger partial charge in [0, 0.05) is 6.42 Å². The van der Waals surface area contributed by atoms with Crippen LogP contribution < -0.4 is 5.32 Å². The average molecular weight is 205 g/mol. The highest BCUT2D eigenvalue weighted by molar-refractivity contribution is 6.01. The monoisotopic (exact) mass is 205 g/mol. The van der Waals surface area contributed by atoms with Gasteiger partial charge in [-0.05, 0) is 12.5 Å². The summed E-state index contributed by atoms with van der Waals surface area (Å²) < 4.78 is 0. The number of aryl methyl sites for hydroxylation is 1. The van der Waals surface area contributed by atoms with Crippen LogP contribution in [0.3, 0.4) is 0 Å². The standard InChI is InChI=1S/C12H16N2O/c1-9-3-5-10(6-4-9)12-7-11(8-13-2)15-14-12/h3-6,11,13H,7-8H2,1-2H3/p+1/t11-/m1/s1. The fourth-order valence-electron chi connectivity index (χ4n) is 1.73. The largest absolute Gasteiger partial charge is 0.386 e. The van der Waals surface area contributed by atoms with Crippen molar-refractivity contribution in [2.24, 2.45) is 5.16 Å². The van der Waals surface area contributed by atoms with Gasteiger partial charge >= 0.3 is 0 Å². The molecule has 0 radical (unpaired) electrons. The first-order valence-corrected chi connectivity index (χ1v) is 5.37. The molecule has 1 aliphatic rings. The molecule has 0 saturated heterocycles. The highest BCUT2D eigenvalue weighted by Gasteiger charge is 2.22. The molecule has 2 rings (SSSR count). The maximum Gasteiger partial charge on any atom is 0.181 e. The van der Waals surface area contributed by atoms with E-state index in [1.165, 1.54) is 11.1 Å². The number of hydrogen-bond acceptors (Lipinski definition) is 2. The summed E-state index contributed by atoms with van der Waals surface area (Å²) in [7, 11) is 2.05. The first kappa shape index (κ1) is 10.2. The van der Waals surface area contributed by atoms with E-state index in [1.807, 2.05) is 7.05 Å². The highest BCUT2D eigenvalue weighted by atomic mass is 16.6. The lowest BCUT2D eigenvalue weighted by Gasteiger charge is -2.03. The number of likely N-dealkylation sites (N-methyl/N-ethyl adjacent to an activating group) is 1. The Kier molecular flexibility index (Phi) is 3.02. The fraction of sp³-hybridized carbons (Fsp3) is 0.417. The van der Waals surface area contributed by atoms with E-state index in [0.29, 0.717) is 0 Å². The van der Waals surface area contributed by atoms with Gasteiger partial charge in [0.15, 0.2) is 6.10 Å². The molecule has 1 aromatic rings. The lowest BCUT2D eigenvalue weighted by Crippen LogP contribution is -2.82. The molecule has 0 aliphatic carbocycles. The second-order valence-corrected chi connectivity index (χ2v) is 3.98. The van der Waals surface area contributed by atoms with Crippen LogP contribution in [0.4, 0.5) is 0 Å². The third-order valence-corrected chi connectivity index (χ3v) is 2.62. The van der Waals surface area contributed by atoms with E-state index < -0.39 is 0 Å². The van der Waals surface area contributed by atoms with Gasteiger partial charge in [0.25, 0.3) is 0 Å². The van der Waals surface area contributed by atoms with E-state index in [2.05, 4.69) is 41.7 Å². The Morgan fingerprint density at radius 1 is 1.40 bits per heavy atom. The van der Waals surface area contributed by atoms with Crippen LogP contribution in [0.25, 0.3) is 0 Å². The van der Waals surface area contributed by atoms with E-state index in [1.54, 1.807) is 0 Å². The summed E-state index contributed by atoms with van der Waals surface area (Å²) in [6.07, 6.45) is 1.17. The summed E-state index contributed by atoms with van der Waals surface area (Å²) in [5.41, 5.74) is 3.53. The van der Waals surface area contributed by atoms with Gasteiger partial charge in [-0.25, -0.2) is 0 Å². The zero-order valence-electron chi connectivity index (χ0n) is 9.23. The van der Waals surface area contributed by atoms with Crippen LogP contribution in [0.1, 0.15) is 17.5 Å². The van der Waals surface area contributed by atoms with Gasteiger partial charge in [0.2, 0.25) is 0 Å². The molecular formula is C12H17N2O+. The molecule has 80 valence electrons. The number of nitrogens with two attached hydrogens (primary N) is 1. The van der Waals surface area contributed by atoms with Gasteiger partial charge in [-0.15, -0.1) is 0 Å². The van der Waals surface area contributed by atoms with Crippen LogP contribution in [0.15, 0.2) is 29.4 Å². The van der Waals surface area contributed by atoms with E-state index in [0.717, 1.165) is 18.7 Å². The predicted molar refractivity (Wildman–Crippen MR) is 59.9 cm³/mol. The Morgan fingerprint density at radius 2 is 2.13 bits per heavy atom. The molecule has 0 spiro atoms. The molecule has 0 amide bonds. The normalized spacial score (nSPS) is 19.9. The second kappa shape index (κ2) is 4.45. The van der Waals surface area contributed by atoms with Gasteiger partial charge in [-0.2, -0.15) is 0 Å². The summed E-state index contributed by atoms with van der Waals surface area (Å²) in [5, 5.41) is 6.26. The van der Waals surface area contributed by atoms with Crippen molar-refractivity contribution >= 4 is 5.71 Å². The molecule has 15 heavy (non-hydrogen) atoms. The van der Waals surface area contributed by atoms with Crippen molar-refractivity contribution in [3.63, 3.8) is 0 Å². The molecule has 2 N–H and O–H groups in total. The summed E-state index contributed by atoms with van der Waals surface area (Å²) >= 11 is 0. The van der Waals surface area contributed by atoms with E-state index in [-0.39, 0.29) is 6.10 Å². The minimum atomic E-state index is 0.242. The highest BCUT2D eigenvalue weighted by Crippen LogP contribution is 2.15. The Morgan fingerprint density at radius 3 is 2.80 bits per heavy atom. The molecule has 0 unspecified atom stereocenters. The third-order valence-electron chi connectivity index (χ3n) is 2.62. The van der Waals surface area contributed by atoms with Gasteiger partial charge in [-0.3, -0.25) is 0 Å². The van der Waals surface area contributed by atoms with Crippen LogP contribution in [-0.4, -0.2) is 25.4 Å². The predicted octanol–water partition coefficient (Wildman–Crippen LogP) is 0.681. The average Bonchev–Trinajstić information content (AvgIpc) is 2.68. The zero-order chi connectivity index (χ0) is 10.7. The Hall–Kier alpha value is -1.35. The minimum absolute atomic E-state index is 0.242. The summed E-state index contributed by atoms with van der Waals surface area (Å²) in [6, 6.07) is 8.43. The number of rotatable bonds is 3. The number of hydrogen-bond donors (Lipinski definition) is 1. The van der Waals surface area contributed by atoms with Gasteiger partial charge in [-0.1, -0.05) is 35.0 Å². The molecular weight excluding hydrogens is 188 g/mol. The Labute approximate surface area is 90.1 Å². The number of benzene rings is 1. The maximum atomic E-state index is 5.35. The molecule has 3 nitrogen and oxygen atoms in total. The molecule has 0 aromatic heterocycles. The molecule has 0 saturated carbocycles. The number of nitrogens with zero attached hydrogens (tertiary/aromatic N) is 1. The lowest BCUT2D eigenvalue weighted by atomic mass is 10.0. The number of quaternary nitrogens is 1. The second-order valence-electron chi connectivity index (χ2n) is 3.98. The SMILES string of the molecule is C[NH2+]C[C@H]1CC(c2ccc(C)cc2)=NO1. The first-order valence-electron chi connectivity index (χ1n) is 5.37. The molecule has 1 aromatic carbocycles. The molecule has 0 bridgehead atoms. The van der Waals surface area contributed by atoms with E-state index >= 15 is 0 Å². The van der Waals surface area contributed by atoms with Crippen molar-refractivity contribution in [2.75, 3.05) is 13.6 Å². The van der Waals surface area contributed by atoms with Crippen molar-refractivity contribution in [1.82, 2.24) is 0 Å². The molecule has 1 atom stereocenters. The number of oxime groups is 1. The molecule has 1 aliphatic heterocycles. The lowest BCUT2D eigenvalue weighted by molar-refractivity contribution is -0.633. The van der Waals surface area contributed by atoms with Crippen LogP contribution in [0.5, 0.6) is 0 Å². The smallest absolute Gasteiger partial charge is 0.181 e. The van der Waals surface area contributed by atoms with Gasteiger partial charge < -0.3 is 10.2 Å². The van der Waals surface area contributed by atoms with E-state index in [9.17, 15) is 0 Å². The fourth-order valence-corrected chi connectivity index (χ4v) is 1.73. The maximum absolute atomic E-state index is 5.35. The van der Waals surface area contributed by atoms with Gasteiger partial charge in [0.1, 0.15) is 6.54 Å². The van der Waals surface area contributed by atoms with Crippen molar-refractivity contribution < 1.29 is 10.2 Å². The van der Waals surface area contributed by atoms with Crippen molar-refractivity contribution in [2.45, 2.75) is 19.4 Å². The quantitative estimate of drug-likeness (QED) is 0.774. The van der Waals surface area contributed by atoms with E-state index in [4.69, 9.17) is 4.84 Å². The third kappa shape index (κ3) is 2.36. The Bertz CT molecular complexity index is 356. The first-order chi connectivity index (χ1) is 7.29. The van der Waals surface area contributed by atoms with Gasteiger partial charge in [0.05, 0.1) is 12.8 Å².